The third-order valence-electron chi connectivity index (χ3n) is 4.84. The Morgan fingerprint density at radius 3 is 2.79 bits per heavy atom. The van der Waals surface area contributed by atoms with E-state index < -0.39 is 0 Å². The number of hydrogen-bond donors (Lipinski definition) is 0. The summed E-state index contributed by atoms with van der Waals surface area (Å²) in [5, 5.41) is 0. The number of anilines is 1. The topological polar surface area (TPSA) is 66.4 Å². The molecule has 0 aliphatic carbocycles. The van der Waals surface area contributed by atoms with E-state index in [0.717, 1.165) is 17.8 Å². The zero-order valence-corrected chi connectivity index (χ0v) is 13.4. The molecule has 0 saturated carbocycles. The van der Waals surface area contributed by atoms with Crippen molar-refractivity contribution in [1.82, 2.24) is 14.9 Å². The molecule has 0 radical (unpaired) electrons. The number of nitrogens with zero attached hydrogens (tertiary/aromatic N) is 4. The molecule has 0 unspecified atom stereocenters. The van der Waals surface area contributed by atoms with E-state index in [1.54, 1.807) is 29.6 Å². The second-order valence-corrected chi connectivity index (χ2v) is 6.29. The molecule has 4 heterocycles. The maximum atomic E-state index is 12.8. The standard InChI is InChI=1S/C18H18N4O2/c1-12-4-5-13(10-20-12)18(24)21-8-6-15-16(21)9-17(23)22(15)14-3-2-7-19-11-14/h2-5,7,10-11,15-16H,6,8-9H2,1H3/t15-,16+/m0/s1. The van der Waals surface area contributed by atoms with Gasteiger partial charge in [0.15, 0.2) is 0 Å². The summed E-state index contributed by atoms with van der Waals surface area (Å²) in [7, 11) is 0. The number of hydrogen-bond acceptors (Lipinski definition) is 4. The lowest BCUT2D eigenvalue weighted by molar-refractivity contribution is -0.117. The van der Waals surface area contributed by atoms with Crippen LogP contribution in [0.3, 0.4) is 0 Å². The number of pyridine rings is 2. The van der Waals surface area contributed by atoms with Crippen molar-refractivity contribution in [2.24, 2.45) is 0 Å². The summed E-state index contributed by atoms with van der Waals surface area (Å²) in [5.74, 6) is 0.00775. The second kappa shape index (κ2) is 5.70. The number of carbonyl (C=O) groups is 2. The summed E-state index contributed by atoms with van der Waals surface area (Å²) in [6.07, 6.45) is 6.16. The van der Waals surface area contributed by atoms with E-state index in [1.807, 2.05) is 30.0 Å². The van der Waals surface area contributed by atoms with Gasteiger partial charge in [0, 0.05) is 31.1 Å². The molecule has 2 fully saturated rings. The van der Waals surface area contributed by atoms with E-state index in [2.05, 4.69) is 9.97 Å². The molecule has 2 amide bonds. The molecule has 2 saturated heterocycles. The minimum atomic E-state index is -0.0773. The molecule has 0 N–H and O–H groups in total. The molecule has 24 heavy (non-hydrogen) atoms. The van der Waals surface area contributed by atoms with Gasteiger partial charge < -0.3 is 9.80 Å². The van der Waals surface area contributed by atoms with Gasteiger partial charge >= 0.3 is 0 Å². The first kappa shape index (κ1) is 14.8. The molecule has 2 aromatic rings. The van der Waals surface area contributed by atoms with Crippen LogP contribution in [0.15, 0.2) is 42.9 Å². The van der Waals surface area contributed by atoms with Crippen molar-refractivity contribution in [3.63, 3.8) is 0 Å². The Labute approximate surface area is 140 Å². The van der Waals surface area contributed by atoms with Crippen molar-refractivity contribution < 1.29 is 9.59 Å². The minimum Gasteiger partial charge on any atom is -0.333 e. The molecule has 2 aliphatic heterocycles. The molecule has 2 aliphatic rings. The van der Waals surface area contributed by atoms with Gasteiger partial charge in [-0.1, -0.05) is 0 Å². The van der Waals surface area contributed by atoms with Gasteiger partial charge in [-0.2, -0.15) is 0 Å². The molecular formula is C18H18N4O2. The smallest absolute Gasteiger partial charge is 0.255 e. The predicted molar refractivity (Wildman–Crippen MR) is 88.5 cm³/mol. The van der Waals surface area contributed by atoms with Crippen LogP contribution in [-0.2, 0) is 4.79 Å². The van der Waals surface area contributed by atoms with Gasteiger partial charge in [0.05, 0.1) is 29.5 Å². The summed E-state index contributed by atoms with van der Waals surface area (Å²) in [6, 6.07) is 7.31. The van der Waals surface area contributed by atoms with Gasteiger partial charge in [0.2, 0.25) is 5.91 Å². The Morgan fingerprint density at radius 1 is 1.21 bits per heavy atom. The van der Waals surface area contributed by atoms with E-state index in [0.29, 0.717) is 18.5 Å². The van der Waals surface area contributed by atoms with Crippen LogP contribution in [0.25, 0.3) is 0 Å². The molecule has 6 heteroatoms. The molecule has 0 spiro atoms. The monoisotopic (exact) mass is 322 g/mol. The van der Waals surface area contributed by atoms with Crippen LogP contribution in [0.5, 0.6) is 0 Å². The van der Waals surface area contributed by atoms with E-state index in [4.69, 9.17) is 0 Å². The van der Waals surface area contributed by atoms with Gasteiger partial charge in [-0.3, -0.25) is 19.6 Å². The predicted octanol–water partition coefficient (Wildman–Crippen LogP) is 1.81. The highest BCUT2D eigenvalue weighted by Gasteiger charge is 2.49. The number of amides is 2. The maximum absolute atomic E-state index is 12.8. The van der Waals surface area contributed by atoms with Crippen molar-refractivity contribution in [1.29, 1.82) is 0 Å². The van der Waals surface area contributed by atoms with Crippen molar-refractivity contribution >= 4 is 17.5 Å². The maximum Gasteiger partial charge on any atom is 0.255 e. The van der Waals surface area contributed by atoms with Crippen molar-refractivity contribution in [2.45, 2.75) is 31.8 Å². The van der Waals surface area contributed by atoms with Crippen LogP contribution < -0.4 is 4.90 Å². The van der Waals surface area contributed by atoms with E-state index >= 15 is 0 Å². The normalized spacial score (nSPS) is 22.8. The first-order valence-corrected chi connectivity index (χ1v) is 8.11. The molecule has 122 valence electrons. The fourth-order valence-corrected chi connectivity index (χ4v) is 3.69. The highest BCUT2D eigenvalue weighted by atomic mass is 16.2. The van der Waals surface area contributed by atoms with Crippen LogP contribution >= 0.6 is 0 Å². The fraction of sp³-hybridized carbons (Fsp3) is 0.333. The number of aryl methyl sites for hydroxylation is 1. The zero-order chi connectivity index (χ0) is 16.7. The molecule has 0 aromatic carbocycles. The third kappa shape index (κ3) is 2.35. The van der Waals surface area contributed by atoms with Crippen LogP contribution in [0.4, 0.5) is 5.69 Å². The van der Waals surface area contributed by atoms with Gasteiger partial charge in [0.1, 0.15) is 0 Å². The summed E-state index contributed by atoms with van der Waals surface area (Å²) in [6.45, 7) is 2.55. The van der Waals surface area contributed by atoms with Gasteiger partial charge in [0.25, 0.3) is 5.91 Å². The number of aromatic nitrogens is 2. The number of carbonyl (C=O) groups excluding carboxylic acids is 2. The minimum absolute atomic E-state index is 0.0315. The molecule has 4 rings (SSSR count). The number of likely N-dealkylation sites (tertiary alicyclic amines) is 1. The first-order chi connectivity index (χ1) is 11.6. The van der Waals surface area contributed by atoms with E-state index in [-0.39, 0.29) is 23.9 Å². The lowest BCUT2D eigenvalue weighted by Gasteiger charge is -2.25. The van der Waals surface area contributed by atoms with Gasteiger partial charge in [-0.25, -0.2) is 0 Å². The molecular weight excluding hydrogens is 304 g/mol. The number of rotatable bonds is 2. The largest absolute Gasteiger partial charge is 0.333 e. The van der Waals surface area contributed by atoms with Crippen LogP contribution in [-0.4, -0.2) is 45.3 Å². The Morgan fingerprint density at radius 2 is 2.08 bits per heavy atom. The lowest BCUT2D eigenvalue weighted by Crippen LogP contribution is -2.40. The number of fused-ring (bicyclic) bond motifs is 1. The molecule has 6 nitrogen and oxygen atoms in total. The Balaban J connectivity index is 1.59. The zero-order valence-electron chi connectivity index (χ0n) is 13.4. The van der Waals surface area contributed by atoms with Crippen LogP contribution in [0.2, 0.25) is 0 Å². The van der Waals surface area contributed by atoms with E-state index in [9.17, 15) is 9.59 Å². The quantitative estimate of drug-likeness (QED) is 0.846. The average molecular weight is 322 g/mol. The second-order valence-electron chi connectivity index (χ2n) is 6.29. The Kier molecular flexibility index (Phi) is 3.52. The average Bonchev–Trinajstić information content (AvgIpc) is 3.13. The Bertz CT molecular complexity index is 775. The summed E-state index contributed by atoms with van der Waals surface area (Å²) >= 11 is 0. The van der Waals surface area contributed by atoms with Gasteiger partial charge in [-0.05, 0) is 37.6 Å². The van der Waals surface area contributed by atoms with Crippen molar-refractivity contribution in [3.05, 3.63) is 54.1 Å². The third-order valence-corrected chi connectivity index (χ3v) is 4.84. The summed E-state index contributed by atoms with van der Waals surface area (Å²) < 4.78 is 0. The van der Waals surface area contributed by atoms with Crippen molar-refractivity contribution in [2.75, 3.05) is 11.4 Å². The molecule has 0 bridgehead atoms. The van der Waals surface area contributed by atoms with Crippen molar-refractivity contribution in [3.8, 4) is 0 Å². The fourth-order valence-electron chi connectivity index (χ4n) is 3.69. The molecule has 2 aromatic heterocycles. The van der Waals surface area contributed by atoms with E-state index in [1.165, 1.54) is 0 Å². The van der Waals surface area contributed by atoms with Crippen LogP contribution in [0.1, 0.15) is 28.9 Å². The highest BCUT2D eigenvalue weighted by molar-refractivity contribution is 6.00. The SMILES string of the molecule is Cc1ccc(C(=O)N2CC[C@H]3[C@H]2CC(=O)N3c2cccnc2)cn1. The first-order valence-electron chi connectivity index (χ1n) is 8.11. The molecule has 2 atom stereocenters. The van der Waals surface area contributed by atoms with Gasteiger partial charge in [-0.15, -0.1) is 0 Å². The Hall–Kier alpha value is -2.76. The van der Waals surface area contributed by atoms with Crippen LogP contribution in [0, 0.1) is 6.92 Å². The summed E-state index contributed by atoms with van der Waals surface area (Å²) in [4.78, 5) is 37.2. The highest BCUT2D eigenvalue weighted by Crippen LogP contribution is 2.36. The summed E-state index contributed by atoms with van der Waals surface area (Å²) in [5.41, 5.74) is 2.26. The lowest BCUT2D eigenvalue weighted by atomic mass is 10.1.